The molecule has 0 spiro atoms. The third kappa shape index (κ3) is 3.86. The zero-order valence-corrected chi connectivity index (χ0v) is 11.7. The first kappa shape index (κ1) is 14.7. The number of benzene rings is 1. The Balaban J connectivity index is 0.00000162. The van der Waals surface area contributed by atoms with Crippen molar-refractivity contribution in [1.82, 2.24) is 15.1 Å². The van der Waals surface area contributed by atoms with Gasteiger partial charge in [0.2, 0.25) is 0 Å². The SMILES string of the molecule is Cc1cnn(C)c1CNCCc1ccccc1.Cl. The molecule has 3 nitrogen and oxygen atoms in total. The first-order chi connectivity index (χ1) is 8.27. The molecule has 0 fully saturated rings. The summed E-state index contributed by atoms with van der Waals surface area (Å²) in [6.45, 7) is 3.98. The van der Waals surface area contributed by atoms with Gasteiger partial charge in [0.15, 0.2) is 0 Å². The Morgan fingerprint density at radius 1 is 1.22 bits per heavy atom. The van der Waals surface area contributed by atoms with E-state index in [1.54, 1.807) is 0 Å². The summed E-state index contributed by atoms with van der Waals surface area (Å²) >= 11 is 0. The van der Waals surface area contributed by atoms with Gasteiger partial charge in [-0.3, -0.25) is 4.68 Å². The second-order valence-electron chi connectivity index (χ2n) is 4.31. The predicted molar refractivity (Wildman–Crippen MR) is 77.0 cm³/mol. The van der Waals surface area contributed by atoms with Crippen molar-refractivity contribution in [2.45, 2.75) is 19.9 Å². The lowest BCUT2D eigenvalue weighted by molar-refractivity contribution is 0.623. The molecule has 2 aromatic rings. The summed E-state index contributed by atoms with van der Waals surface area (Å²) in [5.74, 6) is 0. The minimum absolute atomic E-state index is 0. The number of nitrogens with one attached hydrogen (secondary N) is 1. The fourth-order valence-corrected chi connectivity index (χ4v) is 1.91. The van der Waals surface area contributed by atoms with Gasteiger partial charge in [-0.25, -0.2) is 0 Å². The van der Waals surface area contributed by atoms with Gasteiger partial charge in [-0.05, 0) is 31.0 Å². The Labute approximate surface area is 115 Å². The highest BCUT2D eigenvalue weighted by molar-refractivity contribution is 5.85. The van der Waals surface area contributed by atoms with Gasteiger partial charge in [0.1, 0.15) is 0 Å². The van der Waals surface area contributed by atoms with Crippen molar-refractivity contribution in [2.75, 3.05) is 6.54 Å². The van der Waals surface area contributed by atoms with Gasteiger partial charge >= 0.3 is 0 Å². The monoisotopic (exact) mass is 265 g/mol. The summed E-state index contributed by atoms with van der Waals surface area (Å²) in [6.07, 6.45) is 2.98. The van der Waals surface area contributed by atoms with Crippen LogP contribution < -0.4 is 5.32 Å². The minimum Gasteiger partial charge on any atom is -0.311 e. The van der Waals surface area contributed by atoms with E-state index in [4.69, 9.17) is 0 Å². The molecule has 18 heavy (non-hydrogen) atoms. The molecule has 0 aliphatic heterocycles. The number of hydrogen-bond acceptors (Lipinski definition) is 2. The van der Waals surface area contributed by atoms with Gasteiger partial charge in [-0.15, -0.1) is 12.4 Å². The van der Waals surface area contributed by atoms with Crippen molar-refractivity contribution in [1.29, 1.82) is 0 Å². The van der Waals surface area contributed by atoms with Crippen LogP contribution in [0.25, 0.3) is 0 Å². The van der Waals surface area contributed by atoms with Gasteiger partial charge in [0.05, 0.1) is 11.9 Å². The minimum atomic E-state index is 0. The van der Waals surface area contributed by atoms with Gasteiger partial charge in [0, 0.05) is 13.6 Å². The van der Waals surface area contributed by atoms with Crippen LogP contribution >= 0.6 is 12.4 Å². The maximum atomic E-state index is 4.23. The molecule has 1 aromatic heterocycles. The molecule has 1 heterocycles. The van der Waals surface area contributed by atoms with E-state index in [1.807, 2.05) is 17.9 Å². The topological polar surface area (TPSA) is 29.9 Å². The fraction of sp³-hybridized carbons (Fsp3) is 0.357. The molecular formula is C14H20ClN3. The van der Waals surface area contributed by atoms with Crippen LogP contribution in [-0.2, 0) is 20.0 Å². The van der Waals surface area contributed by atoms with Gasteiger partial charge < -0.3 is 5.32 Å². The van der Waals surface area contributed by atoms with Gasteiger partial charge in [-0.2, -0.15) is 5.10 Å². The standard InChI is InChI=1S/C14H19N3.ClH/c1-12-10-16-17(2)14(12)11-15-9-8-13-6-4-3-5-7-13;/h3-7,10,15H,8-9,11H2,1-2H3;1H. The van der Waals surface area contributed by atoms with E-state index in [0.717, 1.165) is 19.5 Å². The lowest BCUT2D eigenvalue weighted by Crippen LogP contribution is -2.19. The zero-order chi connectivity index (χ0) is 12.1. The summed E-state index contributed by atoms with van der Waals surface area (Å²) in [5.41, 5.74) is 3.89. The molecule has 0 aliphatic rings. The second kappa shape index (κ2) is 7.19. The Hall–Kier alpha value is -1.32. The molecule has 0 radical (unpaired) electrons. The van der Waals surface area contributed by atoms with E-state index in [1.165, 1.54) is 16.8 Å². The first-order valence-corrected chi connectivity index (χ1v) is 5.99. The van der Waals surface area contributed by atoms with Crippen LogP contribution in [0.1, 0.15) is 16.8 Å². The number of hydrogen-bond donors (Lipinski definition) is 1. The molecule has 98 valence electrons. The van der Waals surface area contributed by atoms with Crippen LogP contribution in [0.15, 0.2) is 36.5 Å². The Morgan fingerprint density at radius 3 is 2.56 bits per heavy atom. The summed E-state index contributed by atoms with van der Waals surface area (Å²) in [6, 6.07) is 10.5. The van der Waals surface area contributed by atoms with Crippen LogP contribution in [0.2, 0.25) is 0 Å². The third-order valence-corrected chi connectivity index (χ3v) is 3.00. The van der Waals surface area contributed by atoms with Crippen LogP contribution in [0.4, 0.5) is 0 Å². The van der Waals surface area contributed by atoms with Crippen LogP contribution in [0, 0.1) is 6.92 Å². The summed E-state index contributed by atoms with van der Waals surface area (Å²) in [7, 11) is 1.99. The highest BCUT2D eigenvalue weighted by Crippen LogP contribution is 2.04. The largest absolute Gasteiger partial charge is 0.311 e. The first-order valence-electron chi connectivity index (χ1n) is 5.99. The van der Waals surface area contributed by atoms with Crippen LogP contribution in [0.3, 0.4) is 0 Å². The molecule has 0 atom stereocenters. The highest BCUT2D eigenvalue weighted by atomic mass is 35.5. The molecule has 0 bridgehead atoms. The molecule has 4 heteroatoms. The number of halogens is 1. The van der Waals surface area contributed by atoms with Crippen molar-refractivity contribution >= 4 is 12.4 Å². The van der Waals surface area contributed by atoms with E-state index in [0.29, 0.717) is 0 Å². The smallest absolute Gasteiger partial charge is 0.0547 e. The maximum absolute atomic E-state index is 4.23. The lowest BCUT2D eigenvalue weighted by Gasteiger charge is -2.06. The van der Waals surface area contributed by atoms with E-state index >= 15 is 0 Å². The van der Waals surface area contributed by atoms with E-state index in [2.05, 4.69) is 47.7 Å². The molecule has 1 aromatic carbocycles. The van der Waals surface area contributed by atoms with E-state index < -0.39 is 0 Å². The summed E-state index contributed by atoms with van der Waals surface area (Å²) < 4.78 is 1.94. The Kier molecular flexibility index (Phi) is 5.89. The molecule has 2 rings (SSSR count). The van der Waals surface area contributed by atoms with Crippen molar-refractivity contribution in [3.63, 3.8) is 0 Å². The number of rotatable bonds is 5. The van der Waals surface area contributed by atoms with Crippen LogP contribution in [-0.4, -0.2) is 16.3 Å². The van der Waals surface area contributed by atoms with Crippen molar-refractivity contribution in [2.24, 2.45) is 7.05 Å². The number of aryl methyl sites for hydroxylation is 2. The zero-order valence-electron chi connectivity index (χ0n) is 10.9. The van der Waals surface area contributed by atoms with E-state index in [9.17, 15) is 0 Å². The average Bonchev–Trinajstić information content (AvgIpc) is 2.67. The maximum Gasteiger partial charge on any atom is 0.0547 e. The second-order valence-corrected chi connectivity index (χ2v) is 4.31. The van der Waals surface area contributed by atoms with Gasteiger partial charge in [0.25, 0.3) is 0 Å². The fourth-order valence-electron chi connectivity index (χ4n) is 1.91. The molecular weight excluding hydrogens is 246 g/mol. The molecule has 1 N–H and O–H groups in total. The van der Waals surface area contributed by atoms with Crippen LogP contribution in [0.5, 0.6) is 0 Å². The highest BCUT2D eigenvalue weighted by Gasteiger charge is 2.02. The summed E-state index contributed by atoms with van der Waals surface area (Å²) in [4.78, 5) is 0. The molecule has 0 saturated carbocycles. The quantitative estimate of drug-likeness (QED) is 0.842. The molecule has 0 amide bonds. The third-order valence-electron chi connectivity index (χ3n) is 3.00. The van der Waals surface area contributed by atoms with E-state index in [-0.39, 0.29) is 12.4 Å². The van der Waals surface area contributed by atoms with Crippen molar-refractivity contribution in [3.05, 3.63) is 53.3 Å². The van der Waals surface area contributed by atoms with Crippen molar-refractivity contribution < 1.29 is 0 Å². The molecule has 0 unspecified atom stereocenters. The molecule has 0 aliphatic carbocycles. The summed E-state index contributed by atoms with van der Waals surface area (Å²) in [5, 5.41) is 7.69. The Morgan fingerprint density at radius 2 is 1.94 bits per heavy atom. The normalized spacial score (nSPS) is 10.1. The Bertz CT molecular complexity index is 446. The van der Waals surface area contributed by atoms with Crippen molar-refractivity contribution in [3.8, 4) is 0 Å². The molecule has 0 saturated heterocycles. The van der Waals surface area contributed by atoms with Gasteiger partial charge in [-0.1, -0.05) is 30.3 Å². The average molecular weight is 266 g/mol. The predicted octanol–water partition coefficient (Wildman–Crippen LogP) is 2.48. The number of nitrogens with zero attached hydrogens (tertiary/aromatic N) is 2. The lowest BCUT2D eigenvalue weighted by atomic mass is 10.1. The number of aromatic nitrogens is 2.